The third-order valence-electron chi connectivity index (χ3n) is 4.33. The van der Waals surface area contributed by atoms with Crippen molar-refractivity contribution in [2.45, 2.75) is 60.3 Å². The van der Waals surface area contributed by atoms with Crippen LogP contribution < -0.4 is 5.32 Å². The molecule has 118 valence electrons. The van der Waals surface area contributed by atoms with Gasteiger partial charge in [0.25, 0.3) is 0 Å². The number of carbonyl (C=O) groups excluding carboxylic acids is 1. The van der Waals surface area contributed by atoms with Gasteiger partial charge in [-0.25, -0.2) is 0 Å². The van der Waals surface area contributed by atoms with Gasteiger partial charge in [0.2, 0.25) is 5.91 Å². The first-order valence-corrected chi connectivity index (χ1v) is 8.02. The molecule has 2 atom stereocenters. The lowest BCUT2D eigenvalue weighted by atomic mass is 9.87. The van der Waals surface area contributed by atoms with E-state index >= 15 is 0 Å². The van der Waals surface area contributed by atoms with E-state index in [-0.39, 0.29) is 17.2 Å². The average Bonchev–Trinajstić information content (AvgIpc) is 2.37. The molecule has 1 rings (SSSR count). The molecule has 0 aromatic heterocycles. The first kappa shape index (κ1) is 17.7. The molecule has 1 aromatic rings. The summed E-state index contributed by atoms with van der Waals surface area (Å²) in [5, 5.41) is 3.03. The number of nitrogens with one attached hydrogen (secondary N) is 1. The Hall–Kier alpha value is -1.31. The van der Waals surface area contributed by atoms with E-state index < -0.39 is 0 Å². The summed E-state index contributed by atoms with van der Waals surface area (Å²) in [6, 6.07) is 8.18. The van der Waals surface area contributed by atoms with E-state index in [1.165, 1.54) is 5.56 Å². The highest BCUT2D eigenvalue weighted by Gasteiger charge is 2.19. The zero-order chi connectivity index (χ0) is 16.2. The fourth-order valence-electron chi connectivity index (χ4n) is 2.26. The molecule has 0 aliphatic rings. The van der Waals surface area contributed by atoms with Gasteiger partial charge in [0.15, 0.2) is 0 Å². The van der Waals surface area contributed by atoms with E-state index in [9.17, 15) is 4.79 Å². The molecular weight excluding hydrogens is 258 g/mol. The molecule has 1 N–H and O–H groups in total. The maximum atomic E-state index is 12.2. The molecule has 0 saturated heterocycles. The summed E-state index contributed by atoms with van der Waals surface area (Å²) in [6.45, 7) is 15.2. The van der Waals surface area contributed by atoms with Crippen LogP contribution in [-0.2, 0) is 10.2 Å². The van der Waals surface area contributed by atoms with Gasteiger partial charge in [-0.2, -0.15) is 0 Å². The minimum Gasteiger partial charge on any atom is -0.326 e. The summed E-state index contributed by atoms with van der Waals surface area (Å²) >= 11 is 0. The molecule has 21 heavy (non-hydrogen) atoms. The standard InChI is InChI=1S/C19H31NO/c1-13(2)14(3)12-15(4)18(21)20-17-10-8-16(9-11-17)19(5,6)7/h8-11,13-15H,12H2,1-7H3,(H,20,21). The van der Waals surface area contributed by atoms with Gasteiger partial charge in [0.05, 0.1) is 0 Å². The van der Waals surface area contributed by atoms with Crippen molar-refractivity contribution in [3.8, 4) is 0 Å². The smallest absolute Gasteiger partial charge is 0.227 e. The summed E-state index contributed by atoms with van der Waals surface area (Å²) in [5.74, 6) is 1.34. The Bertz CT molecular complexity index is 453. The van der Waals surface area contributed by atoms with Crippen LogP contribution in [-0.4, -0.2) is 5.91 Å². The first-order chi connectivity index (χ1) is 9.61. The fraction of sp³-hybridized carbons (Fsp3) is 0.632. The largest absolute Gasteiger partial charge is 0.326 e. The van der Waals surface area contributed by atoms with E-state index in [0.29, 0.717) is 11.8 Å². The molecule has 1 aromatic carbocycles. The van der Waals surface area contributed by atoms with Crippen LogP contribution in [0.25, 0.3) is 0 Å². The van der Waals surface area contributed by atoms with Crippen molar-refractivity contribution in [3.05, 3.63) is 29.8 Å². The third kappa shape index (κ3) is 5.53. The number of hydrogen-bond acceptors (Lipinski definition) is 1. The van der Waals surface area contributed by atoms with Crippen LogP contribution in [0.4, 0.5) is 5.69 Å². The maximum Gasteiger partial charge on any atom is 0.227 e. The van der Waals surface area contributed by atoms with Crippen molar-refractivity contribution < 1.29 is 4.79 Å². The minimum absolute atomic E-state index is 0.0460. The Balaban J connectivity index is 2.62. The summed E-state index contributed by atoms with van der Waals surface area (Å²) < 4.78 is 0. The van der Waals surface area contributed by atoms with Gasteiger partial charge in [-0.15, -0.1) is 0 Å². The lowest BCUT2D eigenvalue weighted by molar-refractivity contribution is -0.119. The summed E-state index contributed by atoms with van der Waals surface area (Å²) in [4.78, 5) is 12.2. The van der Waals surface area contributed by atoms with Crippen LogP contribution in [0.5, 0.6) is 0 Å². The minimum atomic E-state index is 0.0460. The second kappa shape index (κ2) is 7.11. The van der Waals surface area contributed by atoms with Crippen molar-refractivity contribution in [2.75, 3.05) is 5.32 Å². The normalized spacial score (nSPS) is 14.9. The Morgan fingerprint density at radius 3 is 2.00 bits per heavy atom. The van der Waals surface area contributed by atoms with Gasteiger partial charge < -0.3 is 5.32 Å². The van der Waals surface area contributed by atoms with Crippen LogP contribution in [0.2, 0.25) is 0 Å². The summed E-state index contributed by atoms with van der Waals surface area (Å²) in [5.41, 5.74) is 2.31. The molecular formula is C19H31NO. The average molecular weight is 289 g/mol. The fourth-order valence-corrected chi connectivity index (χ4v) is 2.26. The van der Waals surface area contributed by atoms with Gasteiger partial charge in [0.1, 0.15) is 0 Å². The Labute approximate surface area is 130 Å². The predicted molar refractivity (Wildman–Crippen MR) is 91.6 cm³/mol. The van der Waals surface area contributed by atoms with Crippen molar-refractivity contribution >= 4 is 11.6 Å². The van der Waals surface area contributed by atoms with Crippen molar-refractivity contribution in [2.24, 2.45) is 17.8 Å². The van der Waals surface area contributed by atoms with E-state index in [4.69, 9.17) is 0 Å². The highest BCUT2D eigenvalue weighted by molar-refractivity contribution is 5.92. The molecule has 0 saturated carbocycles. The Morgan fingerprint density at radius 2 is 1.57 bits per heavy atom. The number of amides is 1. The number of benzene rings is 1. The lowest BCUT2D eigenvalue weighted by Crippen LogP contribution is -2.23. The molecule has 0 spiro atoms. The summed E-state index contributed by atoms with van der Waals surface area (Å²) in [7, 11) is 0. The van der Waals surface area contributed by atoms with Crippen LogP contribution in [0.1, 0.15) is 60.5 Å². The SMILES string of the molecule is CC(CC(C)C(C)C)C(=O)Nc1ccc(C(C)(C)C)cc1. The van der Waals surface area contributed by atoms with E-state index in [2.05, 4.69) is 59.0 Å². The van der Waals surface area contributed by atoms with E-state index in [1.54, 1.807) is 0 Å². The molecule has 0 bridgehead atoms. The van der Waals surface area contributed by atoms with Crippen LogP contribution >= 0.6 is 0 Å². The van der Waals surface area contributed by atoms with Crippen LogP contribution in [0.3, 0.4) is 0 Å². The zero-order valence-electron chi connectivity index (χ0n) is 14.7. The molecule has 0 fully saturated rings. The molecule has 0 aliphatic carbocycles. The Morgan fingerprint density at radius 1 is 1.05 bits per heavy atom. The number of rotatable bonds is 5. The van der Waals surface area contributed by atoms with Crippen LogP contribution in [0, 0.1) is 17.8 Å². The second-order valence-corrected chi connectivity index (χ2v) is 7.67. The lowest BCUT2D eigenvalue weighted by Gasteiger charge is -2.21. The number of carbonyl (C=O) groups is 1. The number of anilines is 1. The molecule has 2 heteroatoms. The molecule has 0 aliphatic heterocycles. The zero-order valence-corrected chi connectivity index (χ0v) is 14.7. The van der Waals surface area contributed by atoms with Gasteiger partial charge in [-0.3, -0.25) is 4.79 Å². The number of hydrogen-bond donors (Lipinski definition) is 1. The van der Waals surface area contributed by atoms with Crippen molar-refractivity contribution in [3.63, 3.8) is 0 Å². The second-order valence-electron chi connectivity index (χ2n) is 7.67. The molecule has 1 amide bonds. The Kier molecular flexibility index (Phi) is 6.00. The molecule has 0 heterocycles. The first-order valence-electron chi connectivity index (χ1n) is 8.02. The molecule has 2 unspecified atom stereocenters. The monoisotopic (exact) mass is 289 g/mol. The van der Waals surface area contributed by atoms with E-state index in [1.807, 2.05) is 19.1 Å². The third-order valence-corrected chi connectivity index (χ3v) is 4.33. The molecule has 2 nitrogen and oxygen atoms in total. The van der Waals surface area contributed by atoms with E-state index in [0.717, 1.165) is 12.1 Å². The quantitative estimate of drug-likeness (QED) is 0.789. The van der Waals surface area contributed by atoms with Gasteiger partial charge in [-0.1, -0.05) is 60.6 Å². The molecule has 0 radical (unpaired) electrons. The van der Waals surface area contributed by atoms with Crippen LogP contribution in [0.15, 0.2) is 24.3 Å². The van der Waals surface area contributed by atoms with Crippen molar-refractivity contribution in [1.82, 2.24) is 0 Å². The van der Waals surface area contributed by atoms with Gasteiger partial charge in [0, 0.05) is 11.6 Å². The highest BCUT2D eigenvalue weighted by Crippen LogP contribution is 2.24. The highest BCUT2D eigenvalue weighted by atomic mass is 16.1. The topological polar surface area (TPSA) is 29.1 Å². The summed E-state index contributed by atoms with van der Waals surface area (Å²) in [6.07, 6.45) is 0.934. The van der Waals surface area contributed by atoms with Gasteiger partial charge in [-0.05, 0) is 41.4 Å². The van der Waals surface area contributed by atoms with Crippen molar-refractivity contribution in [1.29, 1.82) is 0 Å². The maximum absolute atomic E-state index is 12.2. The van der Waals surface area contributed by atoms with Gasteiger partial charge >= 0.3 is 0 Å². The predicted octanol–water partition coefficient (Wildman–Crippen LogP) is 5.24.